The quantitative estimate of drug-likeness (QED) is 0.156. The van der Waals surface area contributed by atoms with E-state index in [1.165, 1.54) is 5.56 Å². The Balaban J connectivity index is 0.00000544. The molecule has 0 spiro atoms. The summed E-state index contributed by atoms with van der Waals surface area (Å²) < 4.78 is 37.0. The number of ether oxygens (including phenoxy) is 1. The van der Waals surface area contributed by atoms with Gasteiger partial charge in [0.15, 0.2) is 0 Å². The molecule has 4 nitrogen and oxygen atoms in total. The Kier molecular flexibility index (Phi) is 11.3. The minimum Gasteiger partial charge on any atom is -0.500 e. The van der Waals surface area contributed by atoms with Gasteiger partial charge in [-0.3, -0.25) is 13.8 Å². The predicted molar refractivity (Wildman–Crippen MR) is 234 cm³/mol. The molecule has 5 aromatic carbocycles. The van der Waals surface area contributed by atoms with Crippen LogP contribution in [0.2, 0.25) is 0 Å². The minimum atomic E-state index is -1.03. The van der Waals surface area contributed by atoms with Crippen LogP contribution in [0, 0.1) is 23.8 Å². The third-order valence-electron chi connectivity index (χ3n) is 11.3. The van der Waals surface area contributed by atoms with E-state index in [-0.39, 0.29) is 54.4 Å². The molecule has 0 radical (unpaired) electrons. The van der Waals surface area contributed by atoms with Gasteiger partial charge < -0.3 is 14.6 Å². The van der Waals surface area contributed by atoms with Gasteiger partial charge >= 0.3 is 21.1 Å². The minimum absolute atomic E-state index is 0. The zero-order valence-corrected chi connectivity index (χ0v) is 37.8. The van der Waals surface area contributed by atoms with E-state index in [4.69, 9.17) is 9.72 Å². The average molecular weight is 977 g/mol. The molecule has 0 aliphatic carbocycles. The molecule has 0 unspecified atom stereocenters. The first kappa shape index (κ1) is 42.7. The van der Waals surface area contributed by atoms with E-state index in [1.807, 2.05) is 30.5 Å². The summed E-state index contributed by atoms with van der Waals surface area (Å²) in [5, 5.41) is 0. The fraction of sp³-hybridized carbons (Fsp3) is 0.245. The van der Waals surface area contributed by atoms with Crippen molar-refractivity contribution < 1.29 is 34.6 Å². The number of rotatable bonds is 6. The van der Waals surface area contributed by atoms with Gasteiger partial charge in [-0.2, -0.15) is 12.1 Å². The number of fused-ring (bicyclic) bond motifs is 2. The zero-order valence-electron chi connectivity index (χ0n) is 35.5. The summed E-state index contributed by atoms with van der Waals surface area (Å²) in [5.41, 5.74) is 9.12. The number of aromatic nitrogens is 2. The van der Waals surface area contributed by atoms with Crippen molar-refractivity contribution in [2.75, 3.05) is 4.90 Å². The maximum absolute atomic E-state index is 15.6. The van der Waals surface area contributed by atoms with E-state index < -0.39 is 17.0 Å². The van der Waals surface area contributed by atoms with Crippen LogP contribution < -0.4 is 9.64 Å². The summed E-state index contributed by atoms with van der Waals surface area (Å²) in [4.78, 5) is 11.8. The standard InChI is InChI=1S/C53H49F2N3O.Pt/c1-50(2,3)34-19-23-38(24-20-34)58-46-25-21-35(51(4,5)6)30-41(46)53(49-18-11-13-28-57-49,42-31-36(52(7,8)9)22-26-47(42)58)37-15-14-16-39(29-37)59-48-32-40(43(54)33-44(48)55)45-17-10-12-27-56-45;/h10-28,30-31,33H,1-9H3;/q-2;+2. The van der Waals surface area contributed by atoms with Crippen molar-refractivity contribution in [3.63, 3.8) is 0 Å². The van der Waals surface area contributed by atoms with Crippen LogP contribution in [-0.2, 0) is 42.7 Å². The molecule has 0 atom stereocenters. The fourth-order valence-electron chi connectivity index (χ4n) is 8.04. The molecule has 8 rings (SSSR count). The Morgan fingerprint density at radius 2 is 1.13 bits per heavy atom. The summed E-state index contributed by atoms with van der Waals surface area (Å²) in [7, 11) is 0. The van der Waals surface area contributed by atoms with Crippen LogP contribution in [0.1, 0.15) is 101 Å². The van der Waals surface area contributed by atoms with Crippen LogP contribution >= 0.6 is 0 Å². The second-order valence-corrected chi connectivity index (χ2v) is 18.5. The van der Waals surface area contributed by atoms with E-state index >= 15 is 8.78 Å². The molecule has 0 saturated heterocycles. The molecule has 1 aliphatic heterocycles. The van der Waals surface area contributed by atoms with Crippen LogP contribution in [0.25, 0.3) is 11.3 Å². The molecule has 7 aromatic rings. The number of pyridine rings is 2. The second kappa shape index (κ2) is 15.9. The Labute approximate surface area is 368 Å². The Morgan fingerprint density at radius 1 is 0.567 bits per heavy atom. The van der Waals surface area contributed by atoms with E-state index in [1.54, 1.807) is 30.5 Å². The number of benzene rings is 5. The largest absolute Gasteiger partial charge is 2.00 e. The van der Waals surface area contributed by atoms with Crippen molar-refractivity contribution in [2.45, 2.75) is 84.0 Å². The van der Waals surface area contributed by atoms with Gasteiger partial charge in [0.05, 0.1) is 34.1 Å². The first-order valence-corrected chi connectivity index (χ1v) is 20.1. The van der Waals surface area contributed by atoms with E-state index in [9.17, 15) is 0 Å². The molecule has 1 aliphatic rings. The van der Waals surface area contributed by atoms with Gasteiger partial charge in [-0.25, -0.2) is 0 Å². The van der Waals surface area contributed by atoms with E-state index in [0.29, 0.717) is 5.69 Å². The van der Waals surface area contributed by atoms with Gasteiger partial charge in [-0.1, -0.05) is 135 Å². The van der Waals surface area contributed by atoms with E-state index in [0.717, 1.165) is 56.6 Å². The smallest absolute Gasteiger partial charge is 0.500 e. The molecule has 0 fully saturated rings. The zero-order chi connectivity index (χ0) is 41.9. The van der Waals surface area contributed by atoms with Crippen molar-refractivity contribution in [1.29, 1.82) is 0 Å². The average Bonchev–Trinajstić information content (AvgIpc) is 3.20. The Morgan fingerprint density at radius 3 is 1.67 bits per heavy atom. The van der Waals surface area contributed by atoms with Crippen molar-refractivity contribution in [3.05, 3.63) is 197 Å². The topological polar surface area (TPSA) is 38.2 Å². The van der Waals surface area contributed by atoms with Crippen molar-refractivity contribution in [3.8, 4) is 22.8 Å². The summed E-state index contributed by atoms with van der Waals surface area (Å²) in [6, 6.07) is 46.5. The summed E-state index contributed by atoms with van der Waals surface area (Å²) in [6.45, 7) is 20.0. The summed E-state index contributed by atoms with van der Waals surface area (Å²) in [5.74, 6) is -1.68. The maximum Gasteiger partial charge on any atom is 2.00 e. The van der Waals surface area contributed by atoms with Gasteiger partial charge in [0, 0.05) is 29.6 Å². The second-order valence-electron chi connectivity index (χ2n) is 18.5. The van der Waals surface area contributed by atoms with Crippen molar-refractivity contribution in [2.24, 2.45) is 0 Å². The molecular weight excluding hydrogens is 928 g/mol. The fourth-order valence-corrected chi connectivity index (χ4v) is 8.04. The van der Waals surface area contributed by atoms with Crippen molar-refractivity contribution >= 4 is 17.1 Å². The molecule has 0 amide bonds. The van der Waals surface area contributed by atoms with Crippen LogP contribution in [-0.4, -0.2) is 9.97 Å². The number of hydrogen-bond donors (Lipinski definition) is 0. The normalized spacial score (nSPS) is 13.6. The van der Waals surface area contributed by atoms with Gasteiger partial charge in [-0.15, -0.1) is 17.7 Å². The van der Waals surface area contributed by atoms with Crippen molar-refractivity contribution in [1.82, 2.24) is 9.97 Å². The molecule has 0 N–H and O–H groups in total. The number of halogens is 2. The van der Waals surface area contributed by atoms with Gasteiger partial charge in [0.1, 0.15) is 0 Å². The monoisotopic (exact) mass is 976 g/mol. The van der Waals surface area contributed by atoms with Crippen LogP contribution in [0.3, 0.4) is 0 Å². The summed E-state index contributed by atoms with van der Waals surface area (Å²) >= 11 is 0. The number of anilines is 3. The molecular formula is C53H49F2N3OPt. The molecule has 2 aromatic heterocycles. The number of nitrogens with zero attached hydrogens (tertiary/aromatic N) is 3. The first-order chi connectivity index (χ1) is 28.0. The van der Waals surface area contributed by atoms with Gasteiger partial charge in [-0.05, 0) is 92.2 Å². The predicted octanol–water partition coefficient (Wildman–Crippen LogP) is 13.9. The first-order valence-electron chi connectivity index (χ1n) is 20.1. The Hall–Kier alpha value is -5.45. The molecule has 0 saturated carbocycles. The van der Waals surface area contributed by atoms with Gasteiger partial charge in [0.25, 0.3) is 0 Å². The third-order valence-corrected chi connectivity index (χ3v) is 11.3. The Bertz CT molecular complexity index is 2600. The number of hydrogen-bond acceptors (Lipinski definition) is 4. The van der Waals surface area contributed by atoms with Crippen LogP contribution in [0.5, 0.6) is 11.5 Å². The van der Waals surface area contributed by atoms with Crippen LogP contribution in [0.4, 0.5) is 25.8 Å². The SMILES string of the molecule is CC(C)(C)c1ccc(N2c3ccc(C(C)(C)C)cc3C(c3[c-]c(Oc4[c-]c(-c5ccccn5)c(F)cc4F)ccc3)(c3ccccn3)c3cc(C(C)(C)C)ccc32)cc1.[Pt+2]. The van der Waals surface area contributed by atoms with E-state index in [2.05, 4.69) is 151 Å². The molecule has 0 bridgehead atoms. The third kappa shape index (κ3) is 7.71. The molecule has 3 heterocycles. The summed E-state index contributed by atoms with van der Waals surface area (Å²) in [6.07, 6.45) is 3.39. The molecule has 60 heavy (non-hydrogen) atoms. The maximum atomic E-state index is 15.6. The van der Waals surface area contributed by atoms with Gasteiger partial charge in [0.2, 0.25) is 0 Å². The molecule has 7 heteroatoms. The van der Waals surface area contributed by atoms with Crippen LogP contribution in [0.15, 0.2) is 134 Å². The molecule has 306 valence electrons.